The summed E-state index contributed by atoms with van der Waals surface area (Å²) in [6.45, 7) is 1.28. The Morgan fingerprint density at radius 2 is 1.94 bits per heavy atom. The van der Waals surface area contributed by atoms with Crippen molar-refractivity contribution in [3.63, 3.8) is 0 Å². The third kappa shape index (κ3) is 3.12. The van der Waals surface area contributed by atoms with Gasteiger partial charge in [-0.25, -0.2) is 0 Å². The van der Waals surface area contributed by atoms with Gasteiger partial charge in [0.25, 0.3) is 0 Å². The van der Waals surface area contributed by atoms with Crippen molar-refractivity contribution in [2.45, 2.75) is 37.9 Å². The van der Waals surface area contributed by atoms with Crippen LogP contribution < -0.4 is 10.6 Å². The molecule has 1 heterocycles. The van der Waals surface area contributed by atoms with Crippen LogP contribution in [0.3, 0.4) is 0 Å². The standard InChI is InChI=1S/C11H17F3N2O/c12-11(13,14)8-2-1-3-9(4-8)16-10(17)7-5-15-6-7/h7-9,15H,1-6H2,(H,16,17). The Morgan fingerprint density at radius 3 is 2.47 bits per heavy atom. The molecule has 2 N–H and O–H groups in total. The summed E-state index contributed by atoms with van der Waals surface area (Å²) in [5, 5.41) is 5.72. The fourth-order valence-electron chi connectivity index (χ4n) is 2.41. The Hall–Kier alpha value is -0.780. The Bertz CT molecular complexity index is 289. The predicted molar refractivity (Wildman–Crippen MR) is 56.3 cm³/mol. The van der Waals surface area contributed by atoms with E-state index in [2.05, 4.69) is 10.6 Å². The van der Waals surface area contributed by atoms with E-state index in [-0.39, 0.29) is 30.7 Å². The maximum absolute atomic E-state index is 12.6. The first-order valence-electron chi connectivity index (χ1n) is 6.04. The summed E-state index contributed by atoms with van der Waals surface area (Å²) in [4.78, 5) is 11.6. The van der Waals surface area contributed by atoms with Gasteiger partial charge in [-0.15, -0.1) is 0 Å². The SMILES string of the molecule is O=C(NC1CCCC(C(F)(F)F)C1)C1CNC1. The molecular weight excluding hydrogens is 233 g/mol. The highest BCUT2D eigenvalue weighted by Crippen LogP contribution is 2.37. The molecule has 1 saturated carbocycles. The van der Waals surface area contributed by atoms with Gasteiger partial charge in [0.2, 0.25) is 5.91 Å². The molecule has 2 aliphatic rings. The van der Waals surface area contributed by atoms with E-state index in [9.17, 15) is 18.0 Å². The van der Waals surface area contributed by atoms with Crippen LogP contribution >= 0.6 is 0 Å². The van der Waals surface area contributed by atoms with E-state index < -0.39 is 12.1 Å². The van der Waals surface area contributed by atoms with E-state index >= 15 is 0 Å². The van der Waals surface area contributed by atoms with Gasteiger partial charge < -0.3 is 10.6 Å². The maximum atomic E-state index is 12.6. The summed E-state index contributed by atoms with van der Waals surface area (Å²) < 4.78 is 37.7. The van der Waals surface area contributed by atoms with Gasteiger partial charge in [-0.05, 0) is 19.3 Å². The van der Waals surface area contributed by atoms with E-state index in [1.54, 1.807) is 0 Å². The van der Waals surface area contributed by atoms with Crippen LogP contribution in [0.4, 0.5) is 13.2 Å². The van der Waals surface area contributed by atoms with Crippen molar-refractivity contribution in [2.75, 3.05) is 13.1 Å². The topological polar surface area (TPSA) is 41.1 Å². The molecule has 0 radical (unpaired) electrons. The van der Waals surface area contributed by atoms with Gasteiger partial charge in [0.15, 0.2) is 0 Å². The molecule has 1 amide bonds. The zero-order chi connectivity index (χ0) is 12.5. The van der Waals surface area contributed by atoms with Crippen LogP contribution in [0.15, 0.2) is 0 Å². The molecule has 0 aromatic heterocycles. The fraction of sp³-hybridized carbons (Fsp3) is 0.909. The number of carbonyl (C=O) groups excluding carboxylic acids is 1. The van der Waals surface area contributed by atoms with Gasteiger partial charge in [-0.2, -0.15) is 13.2 Å². The lowest BCUT2D eigenvalue weighted by Gasteiger charge is -2.33. The number of hydrogen-bond acceptors (Lipinski definition) is 2. The third-order valence-electron chi connectivity index (χ3n) is 3.64. The first-order valence-corrected chi connectivity index (χ1v) is 6.04. The highest BCUT2D eigenvalue weighted by molar-refractivity contribution is 5.80. The highest BCUT2D eigenvalue weighted by atomic mass is 19.4. The average Bonchev–Trinajstić information content (AvgIpc) is 2.13. The molecule has 2 unspecified atom stereocenters. The minimum Gasteiger partial charge on any atom is -0.353 e. The molecule has 2 atom stereocenters. The summed E-state index contributed by atoms with van der Waals surface area (Å²) in [5.74, 6) is -1.40. The molecule has 98 valence electrons. The van der Waals surface area contributed by atoms with Crippen LogP contribution in [0.1, 0.15) is 25.7 Å². The minimum atomic E-state index is -4.12. The van der Waals surface area contributed by atoms with Gasteiger partial charge in [-0.3, -0.25) is 4.79 Å². The largest absolute Gasteiger partial charge is 0.391 e. The van der Waals surface area contributed by atoms with Crippen molar-refractivity contribution in [3.8, 4) is 0 Å². The second kappa shape index (κ2) is 4.84. The van der Waals surface area contributed by atoms with Crippen molar-refractivity contribution < 1.29 is 18.0 Å². The van der Waals surface area contributed by atoms with Gasteiger partial charge in [0.1, 0.15) is 0 Å². The van der Waals surface area contributed by atoms with Gasteiger partial charge in [0.05, 0.1) is 11.8 Å². The Kier molecular flexibility index (Phi) is 3.61. The molecule has 3 nitrogen and oxygen atoms in total. The maximum Gasteiger partial charge on any atom is 0.391 e. The average molecular weight is 250 g/mol. The number of nitrogens with one attached hydrogen (secondary N) is 2. The molecular formula is C11H17F3N2O. The monoisotopic (exact) mass is 250 g/mol. The molecule has 17 heavy (non-hydrogen) atoms. The molecule has 1 aliphatic carbocycles. The van der Waals surface area contributed by atoms with E-state index in [1.165, 1.54) is 0 Å². The second-order valence-corrected chi connectivity index (χ2v) is 4.97. The van der Waals surface area contributed by atoms with Crippen LogP contribution in [0, 0.1) is 11.8 Å². The summed E-state index contributed by atoms with van der Waals surface area (Å²) in [6.07, 6.45) is -2.69. The molecule has 2 rings (SSSR count). The molecule has 0 aromatic rings. The number of alkyl halides is 3. The van der Waals surface area contributed by atoms with Crippen molar-refractivity contribution in [1.82, 2.24) is 10.6 Å². The zero-order valence-corrected chi connectivity index (χ0v) is 9.52. The molecule has 0 spiro atoms. The summed E-state index contributed by atoms with van der Waals surface area (Å²) in [5.41, 5.74) is 0. The number of rotatable bonds is 2. The highest BCUT2D eigenvalue weighted by Gasteiger charge is 2.42. The summed E-state index contributed by atoms with van der Waals surface area (Å²) >= 11 is 0. The summed E-state index contributed by atoms with van der Waals surface area (Å²) in [7, 11) is 0. The summed E-state index contributed by atoms with van der Waals surface area (Å²) in [6, 6.07) is -0.302. The Balaban J connectivity index is 1.82. The lowest BCUT2D eigenvalue weighted by Crippen LogP contribution is -2.53. The quantitative estimate of drug-likeness (QED) is 0.778. The normalized spacial score (nSPS) is 30.8. The van der Waals surface area contributed by atoms with Crippen molar-refractivity contribution >= 4 is 5.91 Å². The van der Waals surface area contributed by atoms with Gasteiger partial charge >= 0.3 is 6.18 Å². The lowest BCUT2D eigenvalue weighted by molar-refractivity contribution is -0.184. The van der Waals surface area contributed by atoms with Gasteiger partial charge in [-0.1, -0.05) is 6.42 Å². The van der Waals surface area contributed by atoms with Crippen molar-refractivity contribution in [2.24, 2.45) is 11.8 Å². The fourth-order valence-corrected chi connectivity index (χ4v) is 2.41. The van der Waals surface area contributed by atoms with Crippen molar-refractivity contribution in [1.29, 1.82) is 0 Å². The van der Waals surface area contributed by atoms with Crippen LogP contribution in [0.2, 0.25) is 0 Å². The number of hydrogen-bond donors (Lipinski definition) is 2. The first-order chi connectivity index (χ1) is 7.97. The molecule has 0 aromatic carbocycles. The van der Waals surface area contributed by atoms with Crippen molar-refractivity contribution in [3.05, 3.63) is 0 Å². The lowest BCUT2D eigenvalue weighted by atomic mass is 9.85. The minimum absolute atomic E-state index is 0.0371. The predicted octanol–water partition coefficient (Wildman–Crippen LogP) is 1.44. The van der Waals surface area contributed by atoms with E-state index in [4.69, 9.17) is 0 Å². The zero-order valence-electron chi connectivity index (χ0n) is 9.52. The molecule has 0 bridgehead atoms. The van der Waals surface area contributed by atoms with Gasteiger partial charge in [0, 0.05) is 19.1 Å². The Morgan fingerprint density at radius 1 is 1.24 bits per heavy atom. The number of amides is 1. The van der Waals surface area contributed by atoms with Crippen LogP contribution in [0.25, 0.3) is 0 Å². The second-order valence-electron chi connectivity index (χ2n) is 4.97. The number of carbonyl (C=O) groups is 1. The smallest absolute Gasteiger partial charge is 0.353 e. The van der Waals surface area contributed by atoms with E-state index in [1.807, 2.05) is 0 Å². The Labute approximate surface area is 98.1 Å². The van der Waals surface area contributed by atoms with E-state index in [0.717, 1.165) is 0 Å². The number of halogens is 3. The third-order valence-corrected chi connectivity index (χ3v) is 3.64. The first kappa shape index (κ1) is 12.7. The van der Waals surface area contributed by atoms with Crippen LogP contribution in [0.5, 0.6) is 0 Å². The molecule has 1 saturated heterocycles. The van der Waals surface area contributed by atoms with E-state index in [0.29, 0.717) is 25.9 Å². The molecule has 6 heteroatoms. The molecule has 2 fully saturated rings. The molecule has 1 aliphatic heterocycles. The van der Waals surface area contributed by atoms with Crippen LogP contribution in [-0.2, 0) is 4.79 Å². The van der Waals surface area contributed by atoms with Crippen LogP contribution in [-0.4, -0.2) is 31.2 Å².